The second kappa shape index (κ2) is 6.48. The van der Waals surface area contributed by atoms with Gasteiger partial charge in [0, 0.05) is 13.1 Å². The summed E-state index contributed by atoms with van der Waals surface area (Å²) in [6.45, 7) is 3.13. The van der Waals surface area contributed by atoms with Gasteiger partial charge in [-0.15, -0.1) is 0 Å². The first-order valence-electron chi connectivity index (χ1n) is 6.38. The van der Waals surface area contributed by atoms with E-state index in [0.717, 1.165) is 22.9 Å². The zero-order valence-corrected chi connectivity index (χ0v) is 11.5. The highest BCUT2D eigenvalue weighted by molar-refractivity contribution is 5.36. The van der Waals surface area contributed by atoms with Crippen molar-refractivity contribution in [1.82, 2.24) is 5.32 Å². The van der Waals surface area contributed by atoms with Crippen LogP contribution in [0.3, 0.4) is 0 Å². The topological polar surface area (TPSA) is 21.3 Å². The summed E-state index contributed by atoms with van der Waals surface area (Å²) in [7, 11) is 1.64. The normalized spacial score (nSPS) is 10.6. The third-order valence-electron chi connectivity index (χ3n) is 3.10. The van der Waals surface area contributed by atoms with Crippen LogP contribution in [0.25, 0.3) is 0 Å². The molecule has 2 aromatic rings. The minimum absolute atomic E-state index is 0.488. The van der Waals surface area contributed by atoms with E-state index < -0.39 is 11.6 Å². The fourth-order valence-electron chi connectivity index (χ4n) is 2.05. The number of hydrogen-bond donors (Lipinski definition) is 1. The third kappa shape index (κ3) is 3.54. The summed E-state index contributed by atoms with van der Waals surface area (Å²) in [6.07, 6.45) is 0. The molecule has 0 fully saturated rings. The highest BCUT2D eigenvalue weighted by Gasteiger charge is 2.03. The molecule has 0 aliphatic rings. The number of hydrogen-bond acceptors (Lipinski definition) is 2. The van der Waals surface area contributed by atoms with E-state index >= 15 is 0 Å². The standard InChI is InChI=1S/C16H17F2NO/c1-11-7-12(4-6-16(11)20-2)9-19-10-13-3-5-14(17)15(18)8-13/h3-8,19H,9-10H2,1-2H3. The van der Waals surface area contributed by atoms with Crippen LogP contribution in [-0.2, 0) is 13.1 Å². The first-order valence-corrected chi connectivity index (χ1v) is 6.38. The van der Waals surface area contributed by atoms with E-state index in [9.17, 15) is 8.78 Å². The average Bonchev–Trinajstić information content (AvgIpc) is 2.43. The third-order valence-corrected chi connectivity index (χ3v) is 3.10. The Kier molecular flexibility index (Phi) is 4.69. The van der Waals surface area contributed by atoms with Crippen LogP contribution in [0.2, 0.25) is 0 Å². The van der Waals surface area contributed by atoms with Crippen LogP contribution in [-0.4, -0.2) is 7.11 Å². The van der Waals surface area contributed by atoms with Gasteiger partial charge in [-0.1, -0.05) is 18.2 Å². The van der Waals surface area contributed by atoms with Crippen LogP contribution >= 0.6 is 0 Å². The molecule has 0 amide bonds. The van der Waals surface area contributed by atoms with E-state index in [4.69, 9.17) is 4.74 Å². The van der Waals surface area contributed by atoms with E-state index in [1.54, 1.807) is 13.2 Å². The molecular formula is C16H17F2NO. The maximum Gasteiger partial charge on any atom is 0.159 e. The maximum absolute atomic E-state index is 13.0. The molecule has 106 valence electrons. The van der Waals surface area contributed by atoms with Gasteiger partial charge in [0.15, 0.2) is 11.6 Å². The van der Waals surface area contributed by atoms with Crippen molar-refractivity contribution >= 4 is 0 Å². The van der Waals surface area contributed by atoms with Gasteiger partial charge in [0.25, 0.3) is 0 Å². The molecule has 0 aliphatic carbocycles. The summed E-state index contributed by atoms with van der Waals surface area (Å²) in [6, 6.07) is 9.86. The molecule has 4 heteroatoms. The Morgan fingerprint density at radius 1 is 0.950 bits per heavy atom. The van der Waals surface area contributed by atoms with Crippen LogP contribution in [0, 0.1) is 18.6 Å². The number of rotatable bonds is 5. The maximum atomic E-state index is 13.0. The zero-order chi connectivity index (χ0) is 14.5. The summed E-state index contributed by atoms with van der Waals surface area (Å²) in [5.74, 6) is -0.779. The lowest BCUT2D eigenvalue weighted by molar-refractivity contribution is 0.411. The lowest BCUT2D eigenvalue weighted by Crippen LogP contribution is -2.13. The predicted octanol–water partition coefficient (Wildman–Crippen LogP) is 3.57. The van der Waals surface area contributed by atoms with Gasteiger partial charge in [-0.3, -0.25) is 0 Å². The Hall–Kier alpha value is -1.94. The van der Waals surface area contributed by atoms with Crippen LogP contribution in [0.4, 0.5) is 8.78 Å². The predicted molar refractivity (Wildman–Crippen MR) is 74.6 cm³/mol. The fraction of sp³-hybridized carbons (Fsp3) is 0.250. The molecule has 1 N–H and O–H groups in total. The average molecular weight is 277 g/mol. The van der Waals surface area contributed by atoms with Gasteiger partial charge in [-0.05, 0) is 41.8 Å². The molecule has 0 aromatic heterocycles. The summed E-state index contributed by atoms with van der Waals surface area (Å²) in [5.41, 5.74) is 2.90. The zero-order valence-electron chi connectivity index (χ0n) is 11.5. The minimum Gasteiger partial charge on any atom is -0.496 e. The van der Waals surface area contributed by atoms with Crippen molar-refractivity contribution in [2.75, 3.05) is 7.11 Å². The lowest BCUT2D eigenvalue weighted by atomic mass is 10.1. The van der Waals surface area contributed by atoms with Gasteiger partial charge in [0.05, 0.1) is 7.11 Å². The molecule has 2 rings (SSSR count). The van der Waals surface area contributed by atoms with Crippen molar-refractivity contribution in [1.29, 1.82) is 0 Å². The number of halogens is 2. The molecular weight excluding hydrogens is 260 g/mol. The molecule has 2 aromatic carbocycles. The summed E-state index contributed by atoms with van der Waals surface area (Å²) < 4.78 is 31.0. The van der Waals surface area contributed by atoms with Crippen molar-refractivity contribution in [3.63, 3.8) is 0 Å². The van der Waals surface area contributed by atoms with Crippen molar-refractivity contribution in [2.45, 2.75) is 20.0 Å². The van der Waals surface area contributed by atoms with E-state index in [2.05, 4.69) is 5.32 Å². The second-order valence-corrected chi connectivity index (χ2v) is 4.66. The first kappa shape index (κ1) is 14.5. The van der Waals surface area contributed by atoms with Gasteiger partial charge in [0.2, 0.25) is 0 Å². The summed E-state index contributed by atoms with van der Waals surface area (Å²) in [5, 5.41) is 3.20. The Morgan fingerprint density at radius 2 is 1.60 bits per heavy atom. The van der Waals surface area contributed by atoms with E-state index in [0.29, 0.717) is 18.7 Å². The Labute approximate surface area is 117 Å². The molecule has 0 bridgehead atoms. The molecule has 0 saturated heterocycles. The first-order chi connectivity index (χ1) is 9.60. The molecule has 0 saturated carbocycles. The van der Waals surface area contributed by atoms with Gasteiger partial charge in [0.1, 0.15) is 5.75 Å². The smallest absolute Gasteiger partial charge is 0.159 e. The lowest BCUT2D eigenvalue weighted by Gasteiger charge is -2.09. The molecule has 0 unspecified atom stereocenters. The van der Waals surface area contributed by atoms with Crippen LogP contribution < -0.4 is 10.1 Å². The monoisotopic (exact) mass is 277 g/mol. The molecule has 0 atom stereocenters. The van der Waals surface area contributed by atoms with Crippen LogP contribution in [0.1, 0.15) is 16.7 Å². The molecule has 0 spiro atoms. The van der Waals surface area contributed by atoms with Crippen molar-refractivity contribution < 1.29 is 13.5 Å². The van der Waals surface area contributed by atoms with Gasteiger partial charge in [-0.25, -0.2) is 8.78 Å². The van der Waals surface area contributed by atoms with E-state index in [1.165, 1.54) is 6.07 Å². The Bertz CT molecular complexity index is 599. The quantitative estimate of drug-likeness (QED) is 0.902. The van der Waals surface area contributed by atoms with Gasteiger partial charge in [-0.2, -0.15) is 0 Å². The fourth-order valence-corrected chi connectivity index (χ4v) is 2.05. The van der Waals surface area contributed by atoms with E-state index in [-0.39, 0.29) is 0 Å². The molecule has 2 nitrogen and oxygen atoms in total. The van der Waals surface area contributed by atoms with Gasteiger partial charge >= 0.3 is 0 Å². The van der Waals surface area contributed by atoms with Crippen molar-refractivity contribution in [3.05, 3.63) is 64.7 Å². The molecule has 20 heavy (non-hydrogen) atoms. The number of methoxy groups -OCH3 is 1. The molecule has 0 aliphatic heterocycles. The second-order valence-electron chi connectivity index (χ2n) is 4.66. The highest BCUT2D eigenvalue weighted by atomic mass is 19.2. The van der Waals surface area contributed by atoms with Gasteiger partial charge < -0.3 is 10.1 Å². The number of aryl methyl sites for hydroxylation is 1. The minimum atomic E-state index is -0.820. The van der Waals surface area contributed by atoms with Crippen molar-refractivity contribution in [3.8, 4) is 5.75 Å². The molecule has 0 heterocycles. The SMILES string of the molecule is COc1ccc(CNCc2ccc(F)c(F)c2)cc1C. The Balaban J connectivity index is 1.92. The van der Waals surface area contributed by atoms with Crippen LogP contribution in [0.15, 0.2) is 36.4 Å². The summed E-state index contributed by atoms with van der Waals surface area (Å²) in [4.78, 5) is 0. The van der Waals surface area contributed by atoms with E-state index in [1.807, 2.05) is 25.1 Å². The highest BCUT2D eigenvalue weighted by Crippen LogP contribution is 2.18. The summed E-state index contributed by atoms with van der Waals surface area (Å²) >= 11 is 0. The Morgan fingerprint density at radius 3 is 2.20 bits per heavy atom. The number of benzene rings is 2. The number of nitrogens with one attached hydrogen (secondary N) is 1. The molecule has 0 radical (unpaired) electrons. The number of ether oxygens (including phenoxy) is 1. The van der Waals surface area contributed by atoms with Crippen molar-refractivity contribution in [2.24, 2.45) is 0 Å². The van der Waals surface area contributed by atoms with Crippen LogP contribution in [0.5, 0.6) is 5.75 Å². The largest absolute Gasteiger partial charge is 0.496 e.